The monoisotopic (exact) mass is 215 g/mol. The molecular formula is C17H11+. The van der Waals surface area contributed by atoms with Crippen molar-refractivity contribution in [3.05, 3.63) is 67.1 Å². The fourth-order valence-corrected chi connectivity index (χ4v) is 2.80. The van der Waals surface area contributed by atoms with Crippen LogP contribution in [0.2, 0.25) is 0 Å². The van der Waals surface area contributed by atoms with Crippen LogP contribution in [0.5, 0.6) is 0 Å². The highest BCUT2D eigenvalue weighted by molar-refractivity contribution is 6.23. The van der Waals surface area contributed by atoms with Crippen molar-refractivity contribution in [2.24, 2.45) is 0 Å². The molecule has 0 amide bonds. The lowest BCUT2D eigenvalue weighted by atomic mass is 9.92. The maximum atomic E-state index is 4.13. The van der Waals surface area contributed by atoms with Crippen LogP contribution in [0.15, 0.2) is 54.6 Å². The maximum absolute atomic E-state index is 4.13. The van der Waals surface area contributed by atoms with Crippen molar-refractivity contribution >= 4 is 32.3 Å². The minimum absolute atomic E-state index is 1.11. The molecule has 0 spiro atoms. The number of hydrogen-bond donors (Lipinski definition) is 0. The SMILES string of the molecule is [CH2+]c1ccc2ccc3cccc4ccc1c2c34. The summed E-state index contributed by atoms with van der Waals surface area (Å²) in [6.07, 6.45) is 0. The van der Waals surface area contributed by atoms with Crippen molar-refractivity contribution in [3.63, 3.8) is 0 Å². The van der Waals surface area contributed by atoms with Gasteiger partial charge in [0.15, 0.2) is 0 Å². The quantitative estimate of drug-likeness (QED) is 0.293. The second-order valence-corrected chi connectivity index (χ2v) is 4.58. The summed E-state index contributed by atoms with van der Waals surface area (Å²) >= 11 is 0. The Morgan fingerprint density at radius 2 is 1.18 bits per heavy atom. The molecule has 78 valence electrons. The molecule has 17 heavy (non-hydrogen) atoms. The highest BCUT2D eigenvalue weighted by Crippen LogP contribution is 2.35. The van der Waals surface area contributed by atoms with E-state index < -0.39 is 0 Å². The summed E-state index contributed by atoms with van der Waals surface area (Å²) < 4.78 is 0. The highest BCUT2D eigenvalue weighted by Gasteiger charge is 2.13. The molecule has 0 aromatic heterocycles. The molecular weight excluding hydrogens is 204 g/mol. The summed E-state index contributed by atoms with van der Waals surface area (Å²) in [6, 6.07) is 19.5. The Hall–Kier alpha value is -2.21. The molecule has 4 rings (SSSR count). The van der Waals surface area contributed by atoms with Crippen LogP contribution in [0.1, 0.15) is 5.56 Å². The van der Waals surface area contributed by atoms with Crippen LogP contribution in [0, 0.1) is 6.92 Å². The average Bonchev–Trinajstić information content (AvgIpc) is 2.38. The molecule has 4 aromatic carbocycles. The molecule has 0 radical (unpaired) electrons. The van der Waals surface area contributed by atoms with Gasteiger partial charge in [0.1, 0.15) is 5.56 Å². The molecule has 0 heterocycles. The van der Waals surface area contributed by atoms with E-state index in [0.717, 1.165) is 5.56 Å². The molecule has 0 aliphatic rings. The van der Waals surface area contributed by atoms with Crippen LogP contribution in [-0.2, 0) is 0 Å². The van der Waals surface area contributed by atoms with E-state index in [2.05, 4.69) is 61.5 Å². The van der Waals surface area contributed by atoms with Gasteiger partial charge in [0, 0.05) is 35.9 Å². The fourth-order valence-electron chi connectivity index (χ4n) is 2.80. The van der Waals surface area contributed by atoms with Crippen molar-refractivity contribution in [2.75, 3.05) is 0 Å². The zero-order chi connectivity index (χ0) is 11.4. The zero-order valence-corrected chi connectivity index (χ0v) is 9.40. The van der Waals surface area contributed by atoms with Gasteiger partial charge < -0.3 is 0 Å². The van der Waals surface area contributed by atoms with E-state index in [9.17, 15) is 0 Å². The molecule has 0 aliphatic carbocycles. The summed E-state index contributed by atoms with van der Waals surface area (Å²) in [6.45, 7) is 4.13. The minimum atomic E-state index is 1.11. The topological polar surface area (TPSA) is 0 Å². The normalized spacial score (nSPS) is 11.8. The van der Waals surface area contributed by atoms with Gasteiger partial charge in [-0.05, 0) is 16.8 Å². The molecule has 0 unspecified atom stereocenters. The Balaban J connectivity index is 2.48. The van der Waals surface area contributed by atoms with Gasteiger partial charge in [-0.2, -0.15) is 0 Å². The van der Waals surface area contributed by atoms with Gasteiger partial charge in [-0.1, -0.05) is 30.3 Å². The van der Waals surface area contributed by atoms with Crippen molar-refractivity contribution in [2.45, 2.75) is 0 Å². The van der Waals surface area contributed by atoms with E-state index in [1.54, 1.807) is 0 Å². The van der Waals surface area contributed by atoms with E-state index >= 15 is 0 Å². The Bertz CT molecular complexity index is 824. The van der Waals surface area contributed by atoms with Crippen molar-refractivity contribution in [1.82, 2.24) is 0 Å². The van der Waals surface area contributed by atoms with Crippen molar-refractivity contribution in [1.29, 1.82) is 0 Å². The van der Waals surface area contributed by atoms with E-state index in [1.807, 2.05) is 0 Å². The summed E-state index contributed by atoms with van der Waals surface area (Å²) in [5.41, 5.74) is 1.11. The maximum Gasteiger partial charge on any atom is 0.134 e. The lowest BCUT2D eigenvalue weighted by Crippen LogP contribution is -1.85. The standard InChI is InChI=1S/C17H11/c1-11-5-6-14-8-7-12-3-2-4-13-9-10-15(11)17(14)16(12)13/h2-10H,1H2/q+1. The van der Waals surface area contributed by atoms with Gasteiger partial charge in [-0.15, -0.1) is 0 Å². The molecule has 0 heteroatoms. The van der Waals surface area contributed by atoms with Gasteiger partial charge in [0.05, 0.1) is 10.8 Å². The predicted molar refractivity (Wildman–Crippen MR) is 74.6 cm³/mol. The van der Waals surface area contributed by atoms with Gasteiger partial charge in [0.25, 0.3) is 0 Å². The molecule has 0 saturated heterocycles. The van der Waals surface area contributed by atoms with Crippen LogP contribution in [0.25, 0.3) is 32.3 Å². The molecule has 0 aliphatic heterocycles. The summed E-state index contributed by atoms with van der Waals surface area (Å²) in [4.78, 5) is 0. The fraction of sp³-hybridized carbons (Fsp3) is 0. The Morgan fingerprint density at radius 1 is 0.588 bits per heavy atom. The van der Waals surface area contributed by atoms with E-state index in [-0.39, 0.29) is 0 Å². The number of hydrogen-bond acceptors (Lipinski definition) is 0. The average molecular weight is 215 g/mol. The van der Waals surface area contributed by atoms with E-state index in [4.69, 9.17) is 0 Å². The first-order chi connectivity index (χ1) is 8.34. The van der Waals surface area contributed by atoms with Crippen LogP contribution in [0.3, 0.4) is 0 Å². The lowest BCUT2D eigenvalue weighted by molar-refractivity contribution is 1.71. The lowest BCUT2D eigenvalue weighted by Gasteiger charge is -2.07. The molecule has 0 fully saturated rings. The van der Waals surface area contributed by atoms with Crippen LogP contribution in [0.4, 0.5) is 0 Å². The Morgan fingerprint density at radius 3 is 1.94 bits per heavy atom. The second-order valence-electron chi connectivity index (χ2n) is 4.58. The summed E-state index contributed by atoms with van der Waals surface area (Å²) in [5, 5.41) is 7.92. The second kappa shape index (κ2) is 2.92. The molecule has 4 aromatic rings. The summed E-state index contributed by atoms with van der Waals surface area (Å²) in [5.74, 6) is 0. The summed E-state index contributed by atoms with van der Waals surface area (Å²) in [7, 11) is 0. The molecule has 0 saturated carbocycles. The van der Waals surface area contributed by atoms with Crippen LogP contribution in [-0.4, -0.2) is 0 Å². The largest absolute Gasteiger partial charge is 0.134 e. The molecule has 0 nitrogen and oxygen atoms in total. The van der Waals surface area contributed by atoms with Gasteiger partial charge >= 0.3 is 0 Å². The number of benzene rings is 4. The molecule has 0 atom stereocenters. The van der Waals surface area contributed by atoms with Crippen LogP contribution < -0.4 is 0 Å². The molecule has 0 N–H and O–H groups in total. The van der Waals surface area contributed by atoms with Crippen LogP contribution >= 0.6 is 0 Å². The van der Waals surface area contributed by atoms with Crippen molar-refractivity contribution < 1.29 is 0 Å². The van der Waals surface area contributed by atoms with Gasteiger partial charge in [-0.25, -0.2) is 0 Å². The number of rotatable bonds is 0. The van der Waals surface area contributed by atoms with Gasteiger partial charge in [0.2, 0.25) is 0 Å². The van der Waals surface area contributed by atoms with E-state index in [1.165, 1.54) is 32.3 Å². The zero-order valence-electron chi connectivity index (χ0n) is 9.40. The van der Waals surface area contributed by atoms with Crippen molar-refractivity contribution in [3.8, 4) is 0 Å². The smallest absolute Gasteiger partial charge is 0.0610 e. The minimum Gasteiger partial charge on any atom is -0.0610 e. The van der Waals surface area contributed by atoms with Gasteiger partial charge in [-0.3, -0.25) is 0 Å². The third kappa shape index (κ3) is 1.05. The Labute approximate surface area is 99.8 Å². The van der Waals surface area contributed by atoms with E-state index in [0.29, 0.717) is 0 Å². The highest BCUT2D eigenvalue weighted by atomic mass is 14.1. The third-order valence-corrected chi connectivity index (χ3v) is 3.62. The first-order valence-corrected chi connectivity index (χ1v) is 5.83. The molecule has 0 bridgehead atoms. The predicted octanol–water partition coefficient (Wildman–Crippen LogP) is 4.77. The third-order valence-electron chi connectivity index (χ3n) is 3.62. The first kappa shape index (κ1) is 8.89. The first-order valence-electron chi connectivity index (χ1n) is 5.83. The Kier molecular flexibility index (Phi) is 1.53.